The lowest BCUT2D eigenvalue weighted by molar-refractivity contribution is -0.726. The minimum Gasteiger partial charge on any atom is -0.328 e. The number of hydrogen-bond donors (Lipinski definition) is 2. The highest BCUT2D eigenvalue weighted by Crippen LogP contribution is 2.16. The number of rotatable bonds is 5. The van der Waals surface area contributed by atoms with E-state index in [1.807, 2.05) is 5.43 Å². The van der Waals surface area contributed by atoms with E-state index in [4.69, 9.17) is 5.73 Å². The van der Waals surface area contributed by atoms with Gasteiger partial charge in [-0.1, -0.05) is 0 Å². The topological polar surface area (TPSA) is 174 Å². The second kappa shape index (κ2) is 4.82. The summed E-state index contributed by atoms with van der Waals surface area (Å²) in [5.41, 5.74) is 5.61. The molecule has 1 aliphatic rings. The summed E-state index contributed by atoms with van der Waals surface area (Å²) in [4.78, 5) is 31.8. The molecule has 1 heterocycles. The third kappa shape index (κ3) is 2.82. The van der Waals surface area contributed by atoms with Crippen LogP contribution in [0.25, 0.3) is 0 Å². The fourth-order valence-corrected chi connectivity index (χ4v) is 1.70. The second-order valence-corrected chi connectivity index (χ2v) is 3.80. The number of nitrogens with two attached hydrogens (primary N) is 1. The summed E-state index contributed by atoms with van der Waals surface area (Å²) in [5, 5.41) is 30.1. The fraction of sp³-hybridized carbons (Fsp3) is 1.00. The first-order valence-electron chi connectivity index (χ1n) is 4.70. The summed E-state index contributed by atoms with van der Waals surface area (Å²) < 4.78 is 0. The molecule has 1 saturated heterocycles. The molecule has 13 nitrogen and oxygen atoms in total. The summed E-state index contributed by atoms with van der Waals surface area (Å²) in [6.07, 6.45) is 0. The molecule has 0 unspecified atom stereocenters. The van der Waals surface area contributed by atoms with Gasteiger partial charge in [0.25, 0.3) is 0 Å². The van der Waals surface area contributed by atoms with Gasteiger partial charge in [0.2, 0.25) is 6.67 Å². The van der Waals surface area contributed by atoms with Crippen molar-refractivity contribution in [2.45, 2.75) is 5.54 Å². The first-order valence-corrected chi connectivity index (χ1v) is 4.70. The summed E-state index contributed by atoms with van der Waals surface area (Å²) in [5.74, 6) is 0. The highest BCUT2D eigenvalue weighted by atomic mass is 16.7. The van der Waals surface area contributed by atoms with Gasteiger partial charge in [0, 0.05) is 6.54 Å². The molecule has 0 aromatic carbocycles. The predicted molar refractivity (Wildman–Crippen MR) is 54.2 cm³/mol. The SMILES string of the molecule is NCC1(N[N+](=O)[O-])CN([N+](=O)[O-])CN([N+](=O)[O-])C1. The number of nitrogens with one attached hydrogen (secondary N) is 1. The molecular weight excluding hydrogens is 254 g/mol. The van der Waals surface area contributed by atoms with Gasteiger partial charge in [-0.05, 0) is 0 Å². The van der Waals surface area contributed by atoms with Crippen LogP contribution in [0.5, 0.6) is 0 Å². The lowest BCUT2D eigenvalue weighted by Crippen LogP contribution is -2.71. The van der Waals surface area contributed by atoms with E-state index in [9.17, 15) is 30.3 Å². The summed E-state index contributed by atoms with van der Waals surface area (Å²) in [7, 11) is 0. The molecule has 0 atom stereocenters. The van der Waals surface area contributed by atoms with Crippen molar-refractivity contribution in [1.82, 2.24) is 15.4 Å². The van der Waals surface area contributed by atoms with E-state index in [1.54, 1.807) is 0 Å². The van der Waals surface area contributed by atoms with Gasteiger partial charge in [0.05, 0.1) is 0 Å². The van der Waals surface area contributed by atoms with Crippen molar-refractivity contribution in [2.75, 3.05) is 26.3 Å². The number of nitrogens with zero attached hydrogens (tertiary/aromatic N) is 5. The van der Waals surface area contributed by atoms with Crippen LogP contribution >= 0.6 is 0 Å². The molecule has 0 aliphatic carbocycles. The van der Waals surface area contributed by atoms with Gasteiger partial charge in [-0.3, -0.25) is 0 Å². The fourth-order valence-electron chi connectivity index (χ4n) is 1.70. The quantitative estimate of drug-likeness (QED) is 0.396. The van der Waals surface area contributed by atoms with Crippen LogP contribution in [-0.4, -0.2) is 57.0 Å². The van der Waals surface area contributed by atoms with Crippen LogP contribution in [0.1, 0.15) is 0 Å². The van der Waals surface area contributed by atoms with Crippen LogP contribution < -0.4 is 11.2 Å². The maximum atomic E-state index is 10.7. The van der Waals surface area contributed by atoms with Gasteiger partial charge in [0.15, 0.2) is 20.6 Å². The Labute approximate surface area is 99.5 Å². The Morgan fingerprint density at radius 3 is 1.83 bits per heavy atom. The summed E-state index contributed by atoms with van der Waals surface area (Å²) >= 11 is 0. The second-order valence-electron chi connectivity index (χ2n) is 3.80. The maximum Gasteiger partial charge on any atom is 0.207 e. The average Bonchev–Trinajstić information content (AvgIpc) is 2.27. The Balaban J connectivity index is 2.98. The zero-order valence-corrected chi connectivity index (χ0v) is 9.09. The molecule has 18 heavy (non-hydrogen) atoms. The molecule has 3 N–H and O–H groups in total. The molecule has 0 radical (unpaired) electrons. The van der Waals surface area contributed by atoms with Crippen molar-refractivity contribution in [3.05, 3.63) is 30.3 Å². The average molecular weight is 265 g/mol. The van der Waals surface area contributed by atoms with Crippen LogP contribution in [0.2, 0.25) is 0 Å². The highest BCUT2D eigenvalue weighted by Gasteiger charge is 2.49. The highest BCUT2D eigenvalue weighted by molar-refractivity contribution is 4.92. The lowest BCUT2D eigenvalue weighted by atomic mass is 9.98. The first kappa shape index (κ1) is 13.6. The van der Waals surface area contributed by atoms with Gasteiger partial charge in [-0.2, -0.15) is 0 Å². The van der Waals surface area contributed by atoms with Crippen molar-refractivity contribution in [3.63, 3.8) is 0 Å². The van der Waals surface area contributed by atoms with Crippen molar-refractivity contribution in [1.29, 1.82) is 0 Å². The smallest absolute Gasteiger partial charge is 0.207 e. The monoisotopic (exact) mass is 265 g/mol. The van der Waals surface area contributed by atoms with Gasteiger partial charge in [-0.25, -0.2) is 30.3 Å². The van der Waals surface area contributed by atoms with Crippen LogP contribution in [-0.2, 0) is 0 Å². The number of nitro groups is 3. The molecule has 13 heteroatoms. The lowest BCUT2D eigenvalue weighted by Gasteiger charge is -2.37. The molecule has 0 aromatic rings. The molecule has 1 fully saturated rings. The Kier molecular flexibility index (Phi) is 3.65. The van der Waals surface area contributed by atoms with Gasteiger partial charge in [0.1, 0.15) is 13.1 Å². The molecule has 102 valence electrons. The molecule has 0 bridgehead atoms. The zero-order chi connectivity index (χ0) is 13.9. The third-order valence-electron chi connectivity index (χ3n) is 2.48. The van der Waals surface area contributed by atoms with E-state index in [1.165, 1.54) is 0 Å². The van der Waals surface area contributed by atoms with Gasteiger partial charge >= 0.3 is 0 Å². The van der Waals surface area contributed by atoms with E-state index in [2.05, 4.69) is 0 Å². The van der Waals surface area contributed by atoms with E-state index in [0.29, 0.717) is 10.0 Å². The number of hydrazine groups is 3. The Morgan fingerprint density at radius 1 is 1.11 bits per heavy atom. The summed E-state index contributed by atoms with van der Waals surface area (Å²) in [6.45, 7) is -1.73. The zero-order valence-electron chi connectivity index (χ0n) is 9.09. The van der Waals surface area contributed by atoms with Gasteiger partial charge < -0.3 is 5.73 Å². The maximum absolute atomic E-state index is 10.7. The standard InChI is InChI=1S/C5H11N7O6/c6-1-5(7-10(13)14)2-8(11(15)16)4-9(3-5)12(17)18/h7H,1-4,6H2. The largest absolute Gasteiger partial charge is 0.328 e. The molecular formula is C5H11N7O6. The van der Waals surface area contributed by atoms with E-state index < -0.39 is 40.4 Å². The third-order valence-corrected chi connectivity index (χ3v) is 2.48. The predicted octanol–water partition coefficient (Wildman–Crippen LogP) is -2.58. The Morgan fingerprint density at radius 2 is 1.56 bits per heavy atom. The van der Waals surface area contributed by atoms with Crippen LogP contribution in [0.3, 0.4) is 0 Å². The molecule has 1 aliphatic heterocycles. The molecule has 1 rings (SSSR count). The molecule has 0 amide bonds. The minimum absolute atomic E-state index is 0.358. The van der Waals surface area contributed by atoms with E-state index in [-0.39, 0.29) is 6.54 Å². The van der Waals surface area contributed by atoms with Crippen LogP contribution in [0.4, 0.5) is 0 Å². The van der Waals surface area contributed by atoms with E-state index >= 15 is 0 Å². The van der Waals surface area contributed by atoms with E-state index in [0.717, 1.165) is 0 Å². The number of hydrogen-bond acceptors (Lipinski definition) is 7. The molecule has 0 aromatic heterocycles. The summed E-state index contributed by atoms with van der Waals surface area (Å²) in [6, 6.07) is 0. The van der Waals surface area contributed by atoms with Crippen molar-refractivity contribution >= 4 is 0 Å². The van der Waals surface area contributed by atoms with Crippen LogP contribution in [0.15, 0.2) is 0 Å². The normalized spacial score (nSPS) is 18.3. The molecule has 0 spiro atoms. The van der Waals surface area contributed by atoms with Crippen LogP contribution in [0, 0.1) is 30.3 Å². The van der Waals surface area contributed by atoms with Crippen molar-refractivity contribution < 1.29 is 15.1 Å². The molecule has 0 saturated carbocycles. The van der Waals surface area contributed by atoms with Gasteiger partial charge in [-0.15, -0.1) is 15.4 Å². The first-order chi connectivity index (χ1) is 8.29. The Hall–Kier alpha value is -2.44. The Bertz CT molecular complexity index is 351. The minimum atomic E-state index is -1.55. The van der Waals surface area contributed by atoms with Crippen molar-refractivity contribution in [2.24, 2.45) is 5.73 Å². The van der Waals surface area contributed by atoms with Crippen molar-refractivity contribution in [3.8, 4) is 0 Å².